The topological polar surface area (TPSA) is 63.8 Å². The Bertz CT molecular complexity index is 777. The van der Waals surface area contributed by atoms with Gasteiger partial charge < -0.3 is 9.84 Å². The molecule has 0 radical (unpaired) electrons. The van der Waals surface area contributed by atoms with Gasteiger partial charge in [-0.05, 0) is 12.1 Å². The second kappa shape index (κ2) is 3.86. The number of halogens is 1. The molecule has 0 amide bonds. The highest BCUT2D eigenvalue weighted by molar-refractivity contribution is 7.24. The minimum atomic E-state index is -1.04. The summed E-state index contributed by atoms with van der Waals surface area (Å²) in [5.74, 6) is -0.457. The highest BCUT2D eigenvalue weighted by Gasteiger charge is 2.16. The lowest BCUT2D eigenvalue weighted by atomic mass is 10.3. The summed E-state index contributed by atoms with van der Waals surface area (Å²) in [6.45, 7) is 0. The van der Waals surface area contributed by atoms with Crippen molar-refractivity contribution in [3.8, 4) is 5.75 Å². The maximum absolute atomic E-state index is 10.9. The van der Waals surface area contributed by atoms with Gasteiger partial charge in [-0.15, -0.1) is 0 Å². The van der Waals surface area contributed by atoms with E-state index in [1.54, 1.807) is 17.6 Å². The van der Waals surface area contributed by atoms with Crippen molar-refractivity contribution in [2.75, 3.05) is 7.11 Å². The Balaban J connectivity index is 2.39. The Morgan fingerprint density at radius 1 is 1.56 bits per heavy atom. The first-order valence-corrected chi connectivity index (χ1v) is 6.18. The average Bonchev–Trinajstić information content (AvgIpc) is 2.85. The lowest BCUT2D eigenvalue weighted by Crippen LogP contribution is -1.95. The van der Waals surface area contributed by atoms with Crippen molar-refractivity contribution in [3.63, 3.8) is 0 Å². The van der Waals surface area contributed by atoms with E-state index in [4.69, 9.17) is 21.4 Å². The van der Waals surface area contributed by atoms with Crippen LogP contribution in [0.15, 0.2) is 18.3 Å². The zero-order chi connectivity index (χ0) is 12.9. The molecule has 0 aliphatic carbocycles. The van der Waals surface area contributed by atoms with Gasteiger partial charge in [0, 0.05) is 6.20 Å². The van der Waals surface area contributed by atoms with Crippen LogP contribution in [0.3, 0.4) is 0 Å². The molecule has 0 fully saturated rings. The van der Waals surface area contributed by atoms with Gasteiger partial charge in [-0.2, -0.15) is 0 Å². The van der Waals surface area contributed by atoms with Crippen molar-refractivity contribution in [1.82, 2.24) is 9.38 Å². The molecule has 5 nitrogen and oxygen atoms in total. The minimum Gasteiger partial charge on any atom is -0.494 e. The lowest BCUT2D eigenvalue weighted by molar-refractivity contribution is 0.0691. The summed E-state index contributed by atoms with van der Waals surface area (Å²) in [6.07, 6.45) is 1.49. The average molecular weight is 283 g/mol. The monoisotopic (exact) mass is 282 g/mol. The fourth-order valence-corrected chi connectivity index (χ4v) is 3.23. The van der Waals surface area contributed by atoms with Crippen LogP contribution in [0, 0.1) is 0 Å². The summed E-state index contributed by atoms with van der Waals surface area (Å²) in [4.78, 5) is 15.5. The van der Waals surface area contributed by atoms with Gasteiger partial charge >= 0.3 is 5.97 Å². The molecule has 1 N–H and O–H groups in total. The predicted molar refractivity (Wildman–Crippen MR) is 69.1 cm³/mol. The van der Waals surface area contributed by atoms with Gasteiger partial charge in [0.2, 0.25) is 0 Å². The van der Waals surface area contributed by atoms with Crippen LogP contribution in [0.25, 0.3) is 15.2 Å². The van der Waals surface area contributed by atoms with Crippen molar-refractivity contribution < 1.29 is 14.6 Å². The van der Waals surface area contributed by atoms with Crippen LogP contribution in [-0.4, -0.2) is 27.6 Å². The van der Waals surface area contributed by atoms with E-state index in [0.717, 1.165) is 10.2 Å². The zero-order valence-corrected chi connectivity index (χ0v) is 10.7. The first-order chi connectivity index (χ1) is 8.61. The molecule has 3 aromatic rings. The van der Waals surface area contributed by atoms with E-state index in [1.165, 1.54) is 17.5 Å². The van der Waals surface area contributed by atoms with Crippen LogP contribution < -0.4 is 4.74 Å². The van der Waals surface area contributed by atoms with Gasteiger partial charge in [0.15, 0.2) is 16.4 Å². The number of benzene rings is 1. The van der Waals surface area contributed by atoms with Crippen LogP contribution in [0.2, 0.25) is 5.02 Å². The third-order valence-corrected chi connectivity index (χ3v) is 3.96. The number of nitrogens with zero attached hydrogens (tertiary/aromatic N) is 2. The van der Waals surface area contributed by atoms with Gasteiger partial charge in [-0.1, -0.05) is 22.9 Å². The summed E-state index contributed by atoms with van der Waals surface area (Å²) >= 11 is 7.38. The fraction of sp³-hybridized carbons (Fsp3) is 0.0909. The molecule has 1 aromatic carbocycles. The van der Waals surface area contributed by atoms with Crippen LogP contribution in [0.5, 0.6) is 5.75 Å². The Morgan fingerprint density at radius 3 is 3.00 bits per heavy atom. The molecule has 0 aliphatic rings. The van der Waals surface area contributed by atoms with Crippen molar-refractivity contribution in [2.45, 2.75) is 0 Å². The van der Waals surface area contributed by atoms with Crippen molar-refractivity contribution in [2.24, 2.45) is 0 Å². The Kier molecular flexibility index (Phi) is 2.42. The summed E-state index contributed by atoms with van der Waals surface area (Å²) < 4.78 is 7.83. The Hall–Kier alpha value is -1.79. The molecule has 0 spiro atoms. The summed E-state index contributed by atoms with van der Waals surface area (Å²) in [7, 11) is 1.55. The van der Waals surface area contributed by atoms with Crippen LogP contribution in [0.1, 0.15) is 10.5 Å². The molecule has 0 atom stereocenters. The number of hydrogen-bond acceptors (Lipinski definition) is 4. The molecule has 0 aliphatic heterocycles. The molecule has 2 heterocycles. The van der Waals surface area contributed by atoms with E-state index in [9.17, 15) is 4.79 Å². The maximum atomic E-state index is 10.9. The predicted octanol–water partition coefficient (Wildman–Crippen LogP) is 2.91. The van der Waals surface area contributed by atoms with E-state index in [-0.39, 0.29) is 5.69 Å². The number of aromatic nitrogens is 2. The van der Waals surface area contributed by atoms with Crippen LogP contribution in [0.4, 0.5) is 0 Å². The number of hydrogen-bond donors (Lipinski definition) is 1. The molecule has 0 saturated heterocycles. The van der Waals surface area contributed by atoms with E-state index >= 15 is 0 Å². The van der Waals surface area contributed by atoms with Crippen LogP contribution in [-0.2, 0) is 0 Å². The number of thiazole rings is 1. The van der Waals surface area contributed by atoms with Crippen molar-refractivity contribution in [3.05, 3.63) is 29.0 Å². The number of carboxylic acid groups (broad SMARTS) is 1. The molecular formula is C11H7ClN2O3S. The maximum Gasteiger partial charge on any atom is 0.356 e. The van der Waals surface area contributed by atoms with Gasteiger partial charge in [-0.25, -0.2) is 9.78 Å². The smallest absolute Gasteiger partial charge is 0.356 e. The molecule has 7 heteroatoms. The van der Waals surface area contributed by atoms with Gasteiger partial charge in [0.25, 0.3) is 0 Å². The third kappa shape index (κ3) is 1.46. The van der Waals surface area contributed by atoms with Gasteiger partial charge in [0.05, 0.1) is 22.3 Å². The number of carbonyl (C=O) groups is 1. The number of imidazole rings is 1. The Morgan fingerprint density at radius 2 is 2.33 bits per heavy atom. The number of methoxy groups -OCH3 is 1. The first-order valence-electron chi connectivity index (χ1n) is 4.99. The van der Waals surface area contributed by atoms with E-state index < -0.39 is 5.97 Å². The van der Waals surface area contributed by atoms with E-state index in [2.05, 4.69) is 4.98 Å². The van der Waals surface area contributed by atoms with E-state index in [0.29, 0.717) is 15.7 Å². The summed E-state index contributed by atoms with van der Waals surface area (Å²) in [5.41, 5.74) is 0.855. The molecule has 0 saturated carbocycles. The van der Waals surface area contributed by atoms with Crippen molar-refractivity contribution >= 4 is 44.1 Å². The quantitative estimate of drug-likeness (QED) is 0.785. The lowest BCUT2D eigenvalue weighted by Gasteiger charge is -2.03. The third-order valence-electron chi connectivity index (χ3n) is 2.59. The number of carboxylic acids is 1. The number of aromatic carboxylic acids is 1. The largest absolute Gasteiger partial charge is 0.494 e. The number of rotatable bonds is 2. The normalized spacial score (nSPS) is 11.2. The SMILES string of the molecule is COc1c(Cl)ccc2c1sc1nc(C(=O)O)cn12. The summed E-state index contributed by atoms with van der Waals surface area (Å²) in [5, 5.41) is 9.43. The molecule has 18 heavy (non-hydrogen) atoms. The minimum absolute atomic E-state index is 0.0251. The molecule has 0 unspecified atom stereocenters. The standard InChI is InChI=1S/C11H7ClN2O3S/c1-17-8-5(12)2-3-7-9(8)18-11-13-6(10(15)16)4-14(7)11/h2-4H,1H3,(H,15,16). The second-order valence-electron chi connectivity index (χ2n) is 3.61. The molecule has 92 valence electrons. The molecule has 3 rings (SSSR count). The van der Waals surface area contributed by atoms with Crippen molar-refractivity contribution in [1.29, 1.82) is 0 Å². The molecule has 2 aromatic heterocycles. The molecular weight excluding hydrogens is 276 g/mol. The van der Waals surface area contributed by atoms with Crippen LogP contribution >= 0.6 is 22.9 Å². The highest BCUT2D eigenvalue weighted by atomic mass is 35.5. The molecule has 0 bridgehead atoms. The van der Waals surface area contributed by atoms with E-state index in [1.807, 2.05) is 6.07 Å². The zero-order valence-electron chi connectivity index (χ0n) is 9.18. The number of fused-ring (bicyclic) bond motifs is 3. The second-order valence-corrected chi connectivity index (χ2v) is 5.00. The Labute approximate surface area is 110 Å². The summed E-state index contributed by atoms with van der Waals surface area (Å²) in [6, 6.07) is 3.53. The van der Waals surface area contributed by atoms with Gasteiger partial charge in [-0.3, -0.25) is 4.40 Å². The first kappa shape index (κ1) is 11.3. The highest BCUT2D eigenvalue weighted by Crippen LogP contribution is 2.38. The van der Waals surface area contributed by atoms with Gasteiger partial charge in [0.1, 0.15) is 0 Å². The fourth-order valence-electron chi connectivity index (χ4n) is 1.81. The number of ether oxygens (including phenoxy) is 1.